The van der Waals surface area contributed by atoms with Gasteiger partial charge < -0.3 is 14.8 Å². The first kappa shape index (κ1) is 15.5. The fourth-order valence-corrected chi connectivity index (χ4v) is 1.90. The van der Waals surface area contributed by atoms with Crippen LogP contribution in [-0.4, -0.2) is 25.7 Å². The quantitative estimate of drug-likeness (QED) is 0.803. The molecule has 4 nitrogen and oxygen atoms in total. The highest BCUT2D eigenvalue weighted by atomic mass is 16.6. The number of ether oxygens (including phenoxy) is 2. The van der Waals surface area contributed by atoms with Crippen molar-refractivity contribution in [2.75, 3.05) is 13.7 Å². The summed E-state index contributed by atoms with van der Waals surface area (Å²) < 4.78 is 10.2. The van der Waals surface area contributed by atoms with E-state index in [9.17, 15) is 4.79 Å². The molecule has 0 heterocycles. The van der Waals surface area contributed by atoms with E-state index in [0.717, 1.165) is 12.1 Å². The highest BCUT2D eigenvalue weighted by Gasteiger charge is 2.16. The van der Waals surface area contributed by atoms with Crippen LogP contribution < -0.4 is 10.1 Å². The topological polar surface area (TPSA) is 47.6 Å². The molecule has 0 fully saturated rings. The van der Waals surface area contributed by atoms with Crippen LogP contribution in [0.4, 0.5) is 0 Å². The maximum Gasteiger partial charge on any atom is 0.346 e. The van der Waals surface area contributed by atoms with E-state index in [1.807, 2.05) is 19.1 Å². The van der Waals surface area contributed by atoms with Gasteiger partial charge >= 0.3 is 5.97 Å². The zero-order valence-electron chi connectivity index (χ0n) is 12.3. The Morgan fingerprint density at radius 1 is 1.37 bits per heavy atom. The number of methoxy groups -OCH3 is 1. The van der Waals surface area contributed by atoms with Gasteiger partial charge in [-0.3, -0.25) is 0 Å². The van der Waals surface area contributed by atoms with Crippen LogP contribution in [0.2, 0.25) is 0 Å². The minimum absolute atomic E-state index is 0.302. The van der Waals surface area contributed by atoms with Gasteiger partial charge in [0.1, 0.15) is 5.75 Å². The Hall–Kier alpha value is -1.55. The predicted molar refractivity (Wildman–Crippen MR) is 75.4 cm³/mol. The van der Waals surface area contributed by atoms with E-state index in [2.05, 4.69) is 30.0 Å². The molecule has 0 saturated heterocycles. The molecule has 0 saturated carbocycles. The minimum Gasteiger partial charge on any atom is -0.479 e. The molecule has 1 aromatic carbocycles. The number of carbonyl (C=O) groups excluding carboxylic acids is 1. The largest absolute Gasteiger partial charge is 0.479 e. The minimum atomic E-state index is -0.597. The summed E-state index contributed by atoms with van der Waals surface area (Å²) in [5.74, 6) is 0.342. The Bertz CT molecular complexity index is 431. The monoisotopic (exact) mass is 265 g/mol. The van der Waals surface area contributed by atoms with Crippen molar-refractivity contribution in [3.63, 3.8) is 0 Å². The van der Waals surface area contributed by atoms with Crippen molar-refractivity contribution in [3.05, 3.63) is 29.3 Å². The van der Waals surface area contributed by atoms with Gasteiger partial charge in [0.25, 0.3) is 0 Å². The fourth-order valence-electron chi connectivity index (χ4n) is 1.90. The standard InChI is InChI=1S/C15H23NO3/c1-6-16-11(3)13-7-8-14(10(2)9-13)19-12(4)15(17)18-5/h7-9,11-12,16H,6H2,1-5H3. The Morgan fingerprint density at radius 2 is 2.05 bits per heavy atom. The number of nitrogens with one attached hydrogen (secondary N) is 1. The number of rotatable bonds is 6. The molecule has 1 rings (SSSR count). The molecule has 1 N–H and O–H groups in total. The SMILES string of the molecule is CCNC(C)c1ccc(OC(C)C(=O)OC)c(C)c1. The lowest BCUT2D eigenvalue weighted by atomic mass is 10.0. The molecule has 0 radical (unpaired) electrons. The molecular formula is C15H23NO3. The molecule has 0 aromatic heterocycles. The van der Waals surface area contributed by atoms with Gasteiger partial charge in [0.15, 0.2) is 6.10 Å². The molecule has 0 spiro atoms. The van der Waals surface area contributed by atoms with Crippen LogP contribution in [0.3, 0.4) is 0 Å². The van der Waals surface area contributed by atoms with Gasteiger partial charge in [-0.15, -0.1) is 0 Å². The van der Waals surface area contributed by atoms with Crippen molar-refractivity contribution in [1.82, 2.24) is 5.32 Å². The number of esters is 1. The van der Waals surface area contributed by atoms with Crippen LogP contribution in [0.25, 0.3) is 0 Å². The third-order valence-corrected chi connectivity index (χ3v) is 3.05. The molecule has 106 valence electrons. The van der Waals surface area contributed by atoms with E-state index >= 15 is 0 Å². The van der Waals surface area contributed by atoms with Gasteiger partial charge in [0.05, 0.1) is 7.11 Å². The highest BCUT2D eigenvalue weighted by Crippen LogP contribution is 2.23. The molecule has 2 atom stereocenters. The number of aryl methyl sites for hydroxylation is 1. The number of benzene rings is 1. The zero-order chi connectivity index (χ0) is 14.4. The summed E-state index contributed by atoms with van der Waals surface area (Å²) in [6, 6.07) is 6.29. The highest BCUT2D eigenvalue weighted by molar-refractivity contribution is 5.74. The van der Waals surface area contributed by atoms with Gasteiger partial charge in [-0.25, -0.2) is 4.79 Å². The fraction of sp³-hybridized carbons (Fsp3) is 0.533. The Balaban J connectivity index is 2.80. The molecule has 19 heavy (non-hydrogen) atoms. The second kappa shape index (κ2) is 7.14. The van der Waals surface area contributed by atoms with Crippen LogP contribution >= 0.6 is 0 Å². The maximum absolute atomic E-state index is 11.3. The van der Waals surface area contributed by atoms with Gasteiger partial charge in [-0.05, 0) is 44.5 Å². The molecule has 0 aliphatic carbocycles. The Morgan fingerprint density at radius 3 is 2.58 bits per heavy atom. The van der Waals surface area contributed by atoms with Crippen molar-refractivity contribution in [2.45, 2.75) is 39.8 Å². The second-order valence-corrected chi connectivity index (χ2v) is 4.59. The summed E-state index contributed by atoms with van der Waals surface area (Å²) >= 11 is 0. The predicted octanol–water partition coefficient (Wildman–Crippen LogP) is 2.61. The number of carbonyl (C=O) groups is 1. The number of hydrogen-bond acceptors (Lipinski definition) is 4. The maximum atomic E-state index is 11.3. The third kappa shape index (κ3) is 4.24. The average molecular weight is 265 g/mol. The summed E-state index contributed by atoms with van der Waals surface area (Å²) in [5.41, 5.74) is 2.22. The molecule has 2 unspecified atom stereocenters. The van der Waals surface area contributed by atoms with Gasteiger partial charge in [-0.2, -0.15) is 0 Å². The third-order valence-electron chi connectivity index (χ3n) is 3.05. The first-order valence-electron chi connectivity index (χ1n) is 6.58. The van der Waals surface area contributed by atoms with Crippen molar-refractivity contribution >= 4 is 5.97 Å². The normalized spacial score (nSPS) is 13.7. The smallest absolute Gasteiger partial charge is 0.346 e. The van der Waals surface area contributed by atoms with Crippen LogP contribution in [0, 0.1) is 6.92 Å². The molecule has 0 aliphatic heterocycles. The number of hydrogen-bond donors (Lipinski definition) is 1. The molecule has 1 aromatic rings. The van der Waals surface area contributed by atoms with E-state index in [4.69, 9.17) is 4.74 Å². The lowest BCUT2D eigenvalue weighted by Crippen LogP contribution is -2.25. The molecule has 0 bridgehead atoms. The average Bonchev–Trinajstić information content (AvgIpc) is 2.40. The summed E-state index contributed by atoms with van der Waals surface area (Å²) in [5, 5.41) is 3.36. The van der Waals surface area contributed by atoms with E-state index in [0.29, 0.717) is 11.8 Å². The van der Waals surface area contributed by atoms with Crippen molar-refractivity contribution in [1.29, 1.82) is 0 Å². The summed E-state index contributed by atoms with van der Waals surface area (Å²) in [7, 11) is 1.36. The molecule has 0 amide bonds. The van der Waals surface area contributed by atoms with Crippen molar-refractivity contribution < 1.29 is 14.3 Å². The van der Waals surface area contributed by atoms with Gasteiger partial charge in [0.2, 0.25) is 0 Å². The lowest BCUT2D eigenvalue weighted by Gasteiger charge is -2.17. The van der Waals surface area contributed by atoms with Crippen LogP contribution in [0.5, 0.6) is 5.75 Å². The molecular weight excluding hydrogens is 242 g/mol. The lowest BCUT2D eigenvalue weighted by molar-refractivity contribution is -0.147. The Kier molecular flexibility index (Phi) is 5.83. The Labute approximate surface area is 115 Å². The van der Waals surface area contributed by atoms with Crippen LogP contribution in [0.15, 0.2) is 18.2 Å². The van der Waals surface area contributed by atoms with E-state index < -0.39 is 6.10 Å². The summed E-state index contributed by atoms with van der Waals surface area (Å²) in [4.78, 5) is 11.3. The van der Waals surface area contributed by atoms with E-state index in [1.165, 1.54) is 12.7 Å². The van der Waals surface area contributed by atoms with Gasteiger partial charge in [-0.1, -0.05) is 19.1 Å². The van der Waals surface area contributed by atoms with Crippen molar-refractivity contribution in [2.24, 2.45) is 0 Å². The van der Waals surface area contributed by atoms with E-state index in [-0.39, 0.29) is 5.97 Å². The first-order chi connectivity index (χ1) is 8.99. The van der Waals surface area contributed by atoms with Crippen molar-refractivity contribution in [3.8, 4) is 5.75 Å². The first-order valence-corrected chi connectivity index (χ1v) is 6.58. The summed E-state index contributed by atoms with van der Waals surface area (Å²) in [6.45, 7) is 8.79. The second-order valence-electron chi connectivity index (χ2n) is 4.59. The van der Waals surface area contributed by atoms with Gasteiger partial charge in [0, 0.05) is 6.04 Å². The van der Waals surface area contributed by atoms with E-state index in [1.54, 1.807) is 6.92 Å². The summed E-state index contributed by atoms with van der Waals surface area (Å²) in [6.07, 6.45) is -0.597. The molecule has 0 aliphatic rings. The van der Waals surface area contributed by atoms with Crippen LogP contribution in [-0.2, 0) is 9.53 Å². The molecule has 4 heteroatoms. The zero-order valence-corrected chi connectivity index (χ0v) is 12.3. The van der Waals surface area contributed by atoms with Crippen LogP contribution in [0.1, 0.15) is 37.9 Å².